The Morgan fingerprint density at radius 1 is 1.10 bits per heavy atom. The molecular weight excluding hydrogens is 330 g/mol. The number of carbonyl (C=O) groups excluding carboxylic acids is 2. The number of nitrogens with zero attached hydrogens (tertiary/aromatic N) is 1. The van der Waals surface area contributed by atoms with E-state index >= 15 is 0 Å². The van der Waals surface area contributed by atoms with Crippen molar-refractivity contribution in [2.45, 2.75) is 38.5 Å². The van der Waals surface area contributed by atoms with Crippen LogP contribution in [-0.4, -0.2) is 28.6 Å². The molecule has 0 saturated carbocycles. The van der Waals surface area contributed by atoms with Crippen molar-refractivity contribution in [3.63, 3.8) is 0 Å². The summed E-state index contributed by atoms with van der Waals surface area (Å²) in [5.41, 5.74) is 2.12. The Hall–Kier alpha value is -1.16. The van der Waals surface area contributed by atoms with Crippen LogP contribution in [0, 0.1) is 5.41 Å². The van der Waals surface area contributed by atoms with Crippen molar-refractivity contribution in [3.8, 4) is 0 Å². The molecule has 2 amide bonds. The van der Waals surface area contributed by atoms with Gasteiger partial charge in [0.15, 0.2) is 0 Å². The molecule has 0 bridgehead atoms. The zero-order valence-corrected chi connectivity index (χ0v) is 13.7. The van der Waals surface area contributed by atoms with Crippen LogP contribution in [0.4, 0.5) is 0 Å². The third-order valence-electron chi connectivity index (χ3n) is 4.77. The molecule has 4 heteroatoms. The number of amides is 2. The molecule has 1 aromatic carbocycles. The summed E-state index contributed by atoms with van der Waals surface area (Å²) in [7, 11) is 0. The van der Waals surface area contributed by atoms with E-state index in [1.165, 1.54) is 16.0 Å². The molecule has 2 aliphatic rings. The summed E-state index contributed by atoms with van der Waals surface area (Å²) in [4.78, 5) is 26.6. The molecular formula is C17H20BrNO2. The minimum absolute atomic E-state index is 0.0222. The highest BCUT2D eigenvalue weighted by atomic mass is 79.9. The number of hydrogen-bond donors (Lipinski definition) is 0. The number of unbranched alkanes of at least 4 members (excludes halogenated alkanes) is 1. The van der Waals surface area contributed by atoms with E-state index in [0.717, 1.165) is 37.4 Å². The van der Waals surface area contributed by atoms with Gasteiger partial charge in [-0.2, -0.15) is 0 Å². The molecule has 1 fully saturated rings. The van der Waals surface area contributed by atoms with Crippen molar-refractivity contribution >= 4 is 27.7 Å². The lowest BCUT2D eigenvalue weighted by Gasteiger charge is -2.32. The predicted octanol–water partition coefficient (Wildman–Crippen LogP) is 3.10. The summed E-state index contributed by atoms with van der Waals surface area (Å²) in [5, 5.41) is 0.918. The zero-order chi connectivity index (χ0) is 14.9. The Kier molecular flexibility index (Phi) is 4.16. The fraction of sp³-hybridized carbons (Fsp3) is 0.529. The number of imide groups is 1. The molecule has 1 aromatic rings. The maximum Gasteiger partial charge on any atom is 0.236 e. The molecule has 0 aromatic heterocycles. The number of carbonyl (C=O) groups is 2. The predicted molar refractivity (Wildman–Crippen MR) is 85.3 cm³/mol. The van der Waals surface area contributed by atoms with Crippen LogP contribution in [0.25, 0.3) is 0 Å². The topological polar surface area (TPSA) is 37.4 Å². The van der Waals surface area contributed by atoms with Gasteiger partial charge in [-0.05, 0) is 43.2 Å². The number of rotatable bonds is 4. The van der Waals surface area contributed by atoms with Gasteiger partial charge in [-0.1, -0.05) is 40.2 Å². The fourth-order valence-corrected chi connectivity index (χ4v) is 3.98. The van der Waals surface area contributed by atoms with Crippen LogP contribution in [0.3, 0.4) is 0 Å². The first-order valence-corrected chi connectivity index (χ1v) is 8.76. The van der Waals surface area contributed by atoms with Gasteiger partial charge in [0.25, 0.3) is 0 Å². The smallest absolute Gasteiger partial charge is 0.236 e. The lowest BCUT2D eigenvalue weighted by molar-refractivity contribution is -0.141. The Morgan fingerprint density at radius 2 is 1.86 bits per heavy atom. The molecule has 3 nitrogen and oxygen atoms in total. The summed E-state index contributed by atoms with van der Waals surface area (Å²) in [6.45, 7) is 0.576. The second kappa shape index (κ2) is 5.91. The van der Waals surface area contributed by atoms with Crippen LogP contribution in [0.15, 0.2) is 24.3 Å². The lowest BCUT2D eigenvalue weighted by Crippen LogP contribution is -2.39. The van der Waals surface area contributed by atoms with E-state index in [1.807, 2.05) is 12.1 Å². The van der Waals surface area contributed by atoms with Crippen LogP contribution in [0.2, 0.25) is 0 Å². The van der Waals surface area contributed by atoms with E-state index < -0.39 is 5.41 Å². The first kappa shape index (κ1) is 14.8. The van der Waals surface area contributed by atoms with Crippen LogP contribution in [0.5, 0.6) is 0 Å². The quantitative estimate of drug-likeness (QED) is 0.475. The number of fused-ring (bicyclic) bond motifs is 1. The molecule has 0 N–H and O–H groups in total. The van der Waals surface area contributed by atoms with Crippen molar-refractivity contribution < 1.29 is 9.59 Å². The highest BCUT2D eigenvalue weighted by Crippen LogP contribution is 2.44. The Balaban J connectivity index is 1.78. The van der Waals surface area contributed by atoms with Gasteiger partial charge in [0, 0.05) is 18.3 Å². The molecule has 21 heavy (non-hydrogen) atoms. The number of likely N-dealkylation sites (tertiary alicyclic amines) is 1. The monoisotopic (exact) mass is 349 g/mol. The molecule has 112 valence electrons. The average Bonchev–Trinajstić information content (AvgIpc) is 2.71. The largest absolute Gasteiger partial charge is 0.282 e. The molecule has 3 rings (SSSR count). The lowest BCUT2D eigenvalue weighted by atomic mass is 9.70. The van der Waals surface area contributed by atoms with Gasteiger partial charge in [-0.3, -0.25) is 14.5 Å². The number of benzene rings is 1. The normalized spacial score (nSPS) is 24.7. The Bertz CT molecular complexity index is 572. The fourth-order valence-electron chi connectivity index (χ4n) is 3.58. The first-order chi connectivity index (χ1) is 10.2. The van der Waals surface area contributed by atoms with E-state index in [0.29, 0.717) is 13.0 Å². The Morgan fingerprint density at radius 3 is 2.62 bits per heavy atom. The van der Waals surface area contributed by atoms with Gasteiger partial charge in [-0.25, -0.2) is 0 Å². The maximum absolute atomic E-state index is 12.8. The average molecular weight is 350 g/mol. The highest BCUT2D eigenvalue weighted by Gasteiger charge is 2.52. The molecule has 1 atom stereocenters. The van der Waals surface area contributed by atoms with Crippen molar-refractivity contribution in [2.75, 3.05) is 11.9 Å². The van der Waals surface area contributed by atoms with Crippen LogP contribution >= 0.6 is 15.9 Å². The molecule has 1 aliphatic carbocycles. The standard InChI is InChI=1S/C17H20BrNO2/c18-9-3-4-10-19-15(20)12-17(16(19)21)8-7-13-5-1-2-6-14(13)11-17/h1-2,5-6H,3-4,7-12H2. The summed E-state index contributed by atoms with van der Waals surface area (Å²) < 4.78 is 0. The molecule has 1 unspecified atom stereocenters. The van der Waals surface area contributed by atoms with Crippen molar-refractivity contribution in [1.82, 2.24) is 4.90 Å². The number of aryl methyl sites for hydroxylation is 1. The summed E-state index contributed by atoms with van der Waals surface area (Å²) in [6, 6.07) is 8.30. The maximum atomic E-state index is 12.8. The minimum Gasteiger partial charge on any atom is -0.282 e. The molecule has 1 spiro atoms. The van der Waals surface area contributed by atoms with E-state index in [2.05, 4.69) is 28.1 Å². The van der Waals surface area contributed by atoms with Gasteiger partial charge < -0.3 is 0 Å². The number of halogens is 1. The van der Waals surface area contributed by atoms with Gasteiger partial charge in [-0.15, -0.1) is 0 Å². The zero-order valence-electron chi connectivity index (χ0n) is 12.1. The van der Waals surface area contributed by atoms with Crippen molar-refractivity contribution in [1.29, 1.82) is 0 Å². The Labute approximate surface area is 133 Å². The summed E-state index contributed by atoms with van der Waals surface area (Å²) in [5.74, 6) is 0.0885. The summed E-state index contributed by atoms with van der Waals surface area (Å²) >= 11 is 3.39. The third-order valence-corrected chi connectivity index (χ3v) is 5.34. The van der Waals surface area contributed by atoms with Crippen molar-refractivity contribution in [2.24, 2.45) is 5.41 Å². The number of alkyl halides is 1. The van der Waals surface area contributed by atoms with E-state index in [9.17, 15) is 9.59 Å². The van der Waals surface area contributed by atoms with E-state index in [1.54, 1.807) is 0 Å². The molecule has 1 aliphatic heterocycles. The minimum atomic E-state index is -0.458. The van der Waals surface area contributed by atoms with E-state index in [4.69, 9.17) is 0 Å². The third kappa shape index (κ3) is 2.66. The van der Waals surface area contributed by atoms with E-state index in [-0.39, 0.29) is 11.8 Å². The van der Waals surface area contributed by atoms with Gasteiger partial charge in [0.05, 0.1) is 5.41 Å². The first-order valence-electron chi connectivity index (χ1n) is 7.64. The van der Waals surface area contributed by atoms with Crippen LogP contribution in [0.1, 0.15) is 36.8 Å². The molecule has 1 saturated heterocycles. The van der Waals surface area contributed by atoms with Crippen molar-refractivity contribution in [3.05, 3.63) is 35.4 Å². The second-order valence-electron chi connectivity index (χ2n) is 6.15. The molecule has 0 radical (unpaired) electrons. The second-order valence-corrected chi connectivity index (χ2v) is 6.94. The summed E-state index contributed by atoms with van der Waals surface area (Å²) in [6.07, 6.45) is 4.72. The van der Waals surface area contributed by atoms with Crippen LogP contribution < -0.4 is 0 Å². The van der Waals surface area contributed by atoms with Gasteiger partial charge in [0.1, 0.15) is 0 Å². The van der Waals surface area contributed by atoms with Gasteiger partial charge in [0.2, 0.25) is 11.8 Å². The number of hydrogen-bond acceptors (Lipinski definition) is 2. The molecule has 1 heterocycles. The van der Waals surface area contributed by atoms with Crippen LogP contribution in [-0.2, 0) is 22.4 Å². The SMILES string of the molecule is O=C1CC2(CCc3ccccc3C2)C(=O)N1CCCCBr. The highest BCUT2D eigenvalue weighted by molar-refractivity contribution is 9.09. The van der Waals surface area contributed by atoms with Gasteiger partial charge >= 0.3 is 0 Å².